The number of carboxylic acid groups (broad SMARTS) is 1. The molecule has 0 aromatic heterocycles. The predicted octanol–water partition coefficient (Wildman–Crippen LogP) is 1.66. The van der Waals surface area contributed by atoms with Gasteiger partial charge in [-0.25, -0.2) is 0 Å². The van der Waals surface area contributed by atoms with Crippen LogP contribution in [0.4, 0.5) is 0 Å². The minimum absolute atomic E-state index is 0.0774. The molecule has 1 aliphatic heterocycles. The first kappa shape index (κ1) is 14.5. The summed E-state index contributed by atoms with van der Waals surface area (Å²) in [4.78, 5) is 15.5. The molecule has 1 unspecified atom stereocenters. The number of rotatable bonds is 3. The maximum absolute atomic E-state index is 11.0. The van der Waals surface area contributed by atoms with E-state index >= 15 is 0 Å². The second kappa shape index (κ2) is 5.83. The lowest BCUT2D eigenvalue weighted by atomic mass is 9.98. The van der Waals surface area contributed by atoms with Gasteiger partial charge < -0.3 is 10.0 Å². The van der Waals surface area contributed by atoms with Crippen molar-refractivity contribution in [3.05, 3.63) is 0 Å². The molecule has 17 heavy (non-hydrogen) atoms. The van der Waals surface area contributed by atoms with Gasteiger partial charge in [-0.1, -0.05) is 0 Å². The zero-order chi connectivity index (χ0) is 13.1. The van der Waals surface area contributed by atoms with Gasteiger partial charge in [0, 0.05) is 11.6 Å². The number of nitrogens with zero attached hydrogens (tertiary/aromatic N) is 2. The molecule has 0 saturated carbocycles. The third kappa shape index (κ3) is 4.64. The van der Waals surface area contributed by atoms with E-state index in [9.17, 15) is 4.79 Å². The Bertz CT molecular complexity index is 261. The maximum Gasteiger partial charge on any atom is 0.317 e. The standard InChI is InChI=1S/C13H26N2O2/c1-13(2,3)15(10-12(16)17)11-6-5-8-14(4)9-7-11/h11H,5-10H2,1-4H3,(H,16,17). The average molecular weight is 242 g/mol. The second-order valence-electron chi connectivity index (χ2n) is 6.08. The largest absolute Gasteiger partial charge is 0.480 e. The van der Waals surface area contributed by atoms with Crippen LogP contribution in [0.2, 0.25) is 0 Å². The Hall–Kier alpha value is -0.610. The Morgan fingerprint density at radius 2 is 2.00 bits per heavy atom. The van der Waals surface area contributed by atoms with Gasteiger partial charge in [-0.15, -0.1) is 0 Å². The molecule has 1 heterocycles. The van der Waals surface area contributed by atoms with E-state index in [0.717, 1.165) is 32.4 Å². The summed E-state index contributed by atoms with van der Waals surface area (Å²) in [5, 5.41) is 9.05. The molecule has 100 valence electrons. The van der Waals surface area contributed by atoms with Crippen LogP contribution in [0.15, 0.2) is 0 Å². The molecule has 0 aliphatic carbocycles. The Labute approximate surface area is 105 Å². The summed E-state index contributed by atoms with van der Waals surface area (Å²) in [6.45, 7) is 8.65. The number of carboxylic acids is 1. The fourth-order valence-corrected chi connectivity index (χ4v) is 2.59. The highest BCUT2D eigenvalue weighted by Gasteiger charge is 2.31. The van der Waals surface area contributed by atoms with Crippen LogP contribution in [0.3, 0.4) is 0 Å². The van der Waals surface area contributed by atoms with Gasteiger partial charge in [-0.05, 0) is 60.2 Å². The molecule has 0 aromatic rings. The minimum Gasteiger partial charge on any atom is -0.480 e. The lowest BCUT2D eigenvalue weighted by Crippen LogP contribution is -2.50. The smallest absolute Gasteiger partial charge is 0.317 e. The lowest BCUT2D eigenvalue weighted by molar-refractivity contribution is -0.140. The van der Waals surface area contributed by atoms with Crippen molar-refractivity contribution in [1.82, 2.24) is 9.80 Å². The minimum atomic E-state index is -0.725. The summed E-state index contributed by atoms with van der Waals surface area (Å²) in [7, 11) is 2.14. The van der Waals surface area contributed by atoms with Crippen LogP contribution in [0.1, 0.15) is 40.0 Å². The number of aliphatic carboxylic acids is 1. The van der Waals surface area contributed by atoms with E-state index in [1.165, 1.54) is 0 Å². The van der Waals surface area contributed by atoms with Crippen molar-refractivity contribution in [2.24, 2.45) is 0 Å². The van der Waals surface area contributed by atoms with E-state index in [-0.39, 0.29) is 12.1 Å². The molecular formula is C13H26N2O2. The number of carbonyl (C=O) groups is 1. The molecule has 0 bridgehead atoms. The molecule has 1 aliphatic rings. The number of hydrogen-bond donors (Lipinski definition) is 1. The number of likely N-dealkylation sites (tertiary alicyclic amines) is 1. The van der Waals surface area contributed by atoms with Crippen LogP contribution in [-0.2, 0) is 4.79 Å². The molecular weight excluding hydrogens is 216 g/mol. The lowest BCUT2D eigenvalue weighted by Gasteiger charge is -2.40. The Morgan fingerprint density at radius 1 is 1.35 bits per heavy atom. The van der Waals surface area contributed by atoms with Crippen LogP contribution in [0.5, 0.6) is 0 Å². The zero-order valence-corrected chi connectivity index (χ0v) is 11.6. The number of hydrogen-bond acceptors (Lipinski definition) is 3. The third-order valence-electron chi connectivity index (χ3n) is 3.53. The zero-order valence-electron chi connectivity index (χ0n) is 11.6. The van der Waals surface area contributed by atoms with Crippen molar-refractivity contribution in [2.45, 2.75) is 51.6 Å². The molecule has 0 amide bonds. The van der Waals surface area contributed by atoms with Crippen LogP contribution in [0.25, 0.3) is 0 Å². The van der Waals surface area contributed by atoms with E-state index in [0.29, 0.717) is 6.04 Å². The fraction of sp³-hybridized carbons (Fsp3) is 0.923. The highest BCUT2D eigenvalue weighted by Crippen LogP contribution is 2.23. The van der Waals surface area contributed by atoms with E-state index in [4.69, 9.17) is 5.11 Å². The molecule has 1 rings (SSSR count). The summed E-state index contributed by atoms with van der Waals surface area (Å²) >= 11 is 0. The normalized spacial score (nSPS) is 23.7. The average Bonchev–Trinajstić information content (AvgIpc) is 2.37. The van der Waals surface area contributed by atoms with Crippen molar-refractivity contribution in [2.75, 3.05) is 26.7 Å². The van der Waals surface area contributed by atoms with Crippen molar-refractivity contribution in [3.63, 3.8) is 0 Å². The Balaban J connectivity index is 2.71. The summed E-state index contributed by atoms with van der Waals surface area (Å²) < 4.78 is 0. The van der Waals surface area contributed by atoms with Crippen LogP contribution >= 0.6 is 0 Å². The maximum atomic E-state index is 11.0. The highest BCUT2D eigenvalue weighted by atomic mass is 16.4. The van der Waals surface area contributed by atoms with Gasteiger partial charge in [-0.2, -0.15) is 0 Å². The highest BCUT2D eigenvalue weighted by molar-refractivity contribution is 5.69. The van der Waals surface area contributed by atoms with Gasteiger partial charge in [0.1, 0.15) is 0 Å². The van der Waals surface area contributed by atoms with Gasteiger partial charge in [-0.3, -0.25) is 9.69 Å². The van der Waals surface area contributed by atoms with Crippen molar-refractivity contribution in [3.8, 4) is 0 Å². The van der Waals surface area contributed by atoms with Crippen molar-refractivity contribution < 1.29 is 9.90 Å². The SMILES string of the molecule is CN1CCCC(N(CC(=O)O)C(C)(C)C)CC1. The topological polar surface area (TPSA) is 43.8 Å². The van der Waals surface area contributed by atoms with Gasteiger partial charge in [0.2, 0.25) is 0 Å². The second-order valence-corrected chi connectivity index (χ2v) is 6.08. The molecule has 1 fully saturated rings. The quantitative estimate of drug-likeness (QED) is 0.817. The molecule has 1 N–H and O–H groups in total. The first-order chi connectivity index (χ1) is 7.80. The molecule has 0 spiro atoms. The van der Waals surface area contributed by atoms with E-state index in [1.54, 1.807) is 0 Å². The molecule has 1 atom stereocenters. The monoisotopic (exact) mass is 242 g/mol. The van der Waals surface area contributed by atoms with Crippen LogP contribution < -0.4 is 0 Å². The van der Waals surface area contributed by atoms with Crippen molar-refractivity contribution in [1.29, 1.82) is 0 Å². The third-order valence-corrected chi connectivity index (χ3v) is 3.53. The van der Waals surface area contributed by atoms with Crippen LogP contribution in [-0.4, -0.2) is 59.1 Å². The first-order valence-corrected chi connectivity index (χ1v) is 6.48. The summed E-state index contributed by atoms with van der Waals surface area (Å²) in [6.07, 6.45) is 3.34. The van der Waals surface area contributed by atoms with Gasteiger partial charge >= 0.3 is 5.97 Å². The molecule has 4 nitrogen and oxygen atoms in total. The first-order valence-electron chi connectivity index (χ1n) is 6.48. The predicted molar refractivity (Wildman–Crippen MR) is 69.2 cm³/mol. The van der Waals surface area contributed by atoms with Crippen molar-refractivity contribution >= 4 is 5.97 Å². The molecule has 0 radical (unpaired) electrons. The summed E-state index contributed by atoms with van der Waals surface area (Å²) in [5.74, 6) is -0.725. The fourth-order valence-electron chi connectivity index (χ4n) is 2.59. The van der Waals surface area contributed by atoms with Gasteiger partial charge in [0.05, 0.1) is 6.54 Å². The van der Waals surface area contributed by atoms with E-state index < -0.39 is 5.97 Å². The Kier molecular flexibility index (Phi) is 4.95. The Morgan fingerprint density at radius 3 is 2.53 bits per heavy atom. The van der Waals surface area contributed by atoms with Gasteiger partial charge in [0.25, 0.3) is 0 Å². The van der Waals surface area contributed by atoms with Gasteiger partial charge in [0.15, 0.2) is 0 Å². The van der Waals surface area contributed by atoms with E-state index in [1.807, 2.05) is 0 Å². The molecule has 0 aromatic carbocycles. The molecule has 4 heteroatoms. The summed E-state index contributed by atoms with van der Waals surface area (Å²) in [6, 6.07) is 0.399. The molecule has 1 saturated heterocycles. The van der Waals surface area contributed by atoms with E-state index in [2.05, 4.69) is 37.6 Å². The van der Waals surface area contributed by atoms with Crippen LogP contribution in [0, 0.1) is 0 Å². The summed E-state index contributed by atoms with van der Waals surface area (Å²) in [5.41, 5.74) is -0.0774.